The molecule has 1 aliphatic heterocycles. The topological polar surface area (TPSA) is 67.6 Å². The molecule has 0 saturated heterocycles. The number of carbonyl (C=O) groups is 1. The van der Waals surface area contributed by atoms with Gasteiger partial charge in [0.2, 0.25) is 0 Å². The van der Waals surface area contributed by atoms with Gasteiger partial charge in [0.05, 0.1) is 12.9 Å². The van der Waals surface area contributed by atoms with Crippen molar-refractivity contribution in [1.29, 1.82) is 0 Å². The van der Waals surface area contributed by atoms with E-state index in [1.807, 2.05) is 0 Å². The second-order valence-corrected chi connectivity index (χ2v) is 2.51. The Morgan fingerprint density at radius 2 is 2.73 bits per heavy atom. The van der Waals surface area contributed by atoms with Gasteiger partial charge in [0, 0.05) is 0 Å². The van der Waals surface area contributed by atoms with Crippen LogP contribution in [0, 0.1) is 0 Å². The van der Waals surface area contributed by atoms with Crippen LogP contribution in [0.3, 0.4) is 0 Å². The third-order valence-electron chi connectivity index (χ3n) is 1.18. The Hall–Kier alpha value is -0.720. The lowest BCUT2D eigenvalue weighted by atomic mass is 10.4. The van der Waals surface area contributed by atoms with Crippen LogP contribution in [0.5, 0.6) is 0 Å². The van der Waals surface area contributed by atoms with Crippen LogP contribution in [-0.4, -0.2) is 23.2 Å². The number of thiol groups is 1. The lowest BCUT2D eigenvalue weighted by Gasteiger charge is -2.08. The van der Waals surface area contributed by atoms with Crippen LogP contribution in [-0.2, 0) is 9.63 Å². The van der Waals surface area contributed by atoms with Crippen LogP contribution >= 0.6 is 12.6 Å². The van der Waals surface area contributed by atoms with Crippen LogP contribution in [0.15, 0.2) is 12.0 Å². The lowest BCUT2D eigenvalue weighted by molar-refractivity contribution is -0.107. The highest BCUT2D eigenvalue weighted by atomic mass is 32.1. The second-order valence-electron chi connectivity index (χ2n) is 1.96. The van der Waals surface area contributed by atoms with E-state index in [2.05, 4.69) is 18.2 Å². The first-order chi connectivity index (χ1) is 5.27. The molecule has 0 aromatic rings. The number of nitrogens with two attached hydrogens (primary N) is 1. The molecule has 0 radical (unpaired) electrons. The van der Waals surface area contributed by atoms with Gasteiger partial charge in [0.15, 0.2) is 5.76 Å². The maximum atomic E-state index is 10.2. The van der Waals surface area contributed by atoms with Crippen LogP contribution in [0.25, 0.3) is 0 Å². The Morgan fingerprint density at radius 3 is 3.18 bits per heavy atom. The molecule has 0 bridgehead atoms. The maximum absolute atomic E-state index is 10.2. The Kier molecular flexibility index (Phi) is 2.75. The monoisotopic (exact) mass is 175 g/mol. The van der Waals surface area contributed by atoms with Crippen molar-refractivity contribution >= 4 is 18.9 Å². The average Bonchev–Trinajstić information content (AvgIpc) is 2.50. The van der Waals surface area contributed by atoms with E-state index < -0.39 is 5.25 Å². The maximum Gasteiger partial charge on any atom is 0.163 e. The summed E-state index contributed by atoms with van der Waals surface area (Å²) in [4.78, 5) is 15.1. The van der Waals surface area contributed by atoms with E-state index in [9.17, 15) is 4.79 Å². The average molecular weight is 175 g/mol. The molecule has 1 rings (SSSR count). The van der Waals surface area contributed by atoms with Crippen LogP contribution in [0.1, 0.15) is 0 Å². The van der Waals surface area contributed by atoms with E-state index in [0.717, 1.165) is 0 Å². The molecule has 0 fully saturated rings. The third-order valence-corrected chi connectivity index (χ3v) is 1.56. The molecule has 0 aromatic carbocycles. The summed E-state index contributed by atoms with van der Waals surface area (Å²) in [5.74, 6) is 0.453. The van der Waals surface area contributed by atoms with Crippen LogP contribution in [0.4, 0.5) is 0 Å². The molecule has 62 valence electrons. The highest BCUT2D eigenvalue weighted by Gasteiger charge is 2.18. The Labute approximate surface area is 69.5 Å². The van der Waals surface area contributed by atoms with Gasteiger partial charge in [-0.05, 0) is 0 Å². The van der Waals surface area contributed by atoms with E-state index in [4.69, 9.17) is 10.6 Å². The fourth-order valence-electron chi connectivity index (χ4n) is 0.611. The number of hydrogen-bond acceptors (Lipinski definition) is 6. The van der Waals surface area contributed by atoms with E-state index in [-0.39, 0.29) is 6.67 Å². The highest BCUT2D eigenvalue weighted by molar-refractivity contribution is 7.82. The SMILES string of the molecule is NCN1C=C(C(S)C=O)ON1. The lowest BCUT2D eigenvalue weighted by Crippen LogP contribution is -2.32. The predicted molar refractivity (Wildman–Crippen MR) is 42.0 cm³/mol. The molecule has 1 unspecified atom stereocenters. The molecule has 1 heterocycles. The van der Waals surface area contributed by atoms with Crippen molar-refractivity contribution in [2.45, 2.75) is 5.25 Å². The fraction of sp³-hybridized carbons (Fsp3) is 0.400. The van der Waals surface area contributed by atoms with Crippen molar-refractivity contribution in [1.82, 2.24) is 10.6 Å². The van der Waals surface area contributed by atoms with Crippen molar-refractivity contribution in [2.24, 2.45) is 5.73 Å². The van der Waals surface area contributed by atoms with Gasteiger partial charge >= 0.3 is 0 Å². The first-order valence-corrected chi connectivity index (χ1v) is 3.54. The molecule has 0 aromatic heterocycles. The molecule has 0 spiro atoms. The zero-order chi connectivity index (χ0) is 8.27. The van der Waals surface area contributed by atoms with Gasteiger partial charge in [0.1, 0.15) is 11.5 Å². The van der Waals surface area contributed by atoms with Gasteiger partial charge in [-0.1, -0.05) is 5.59 Å². The summed E-state index contributed by atoms with van der Waals surface area (Å²) >= 11 is 3.94. The first-order valence-electron chi connectivity index (χ1n) is 3.02. The molecule has 3 N–H and O–H groups in total. The normalized spacial score (nSPS) is 19.1. The van der Waals surface area contributed by atoms with E-state index in [0.29, 0.717) is 12.0 Å². The Morgan fingerprint density at radius 1 is 2.00 bits per heavy atom. The quantitative estimate of drug-likeness (QED) is 0.379. The molecule has 0 aliphatic carbocycles. The molecule has 1 aliphatic rings. The standard InChI is InChI=1S/C5H9N3O2S/c6-3-8-1-4(10-7-8)5(11)2-9/h1-2,5,7,11H,3,6H2. The summed E-state index contributed by atoms with van der Waals surface area (Å²) in [6.07, 6.45) is 2.27. The third kappa shape index (κ3) is 1.86. The van der Waals surface area contributed by atoms with E-state index in [1.54, 1.807) is 6.20 Å². The number of hydrazine groups is 1. The van der Waals surface area contributed by atoms with Gasteiger partial charge in [0.25, 0.3) is 0 Å². The minimum Gasteiger partial charge on any atom is -0.390 e. The minimum atomic E-state index is -0.529. The van der Waals surface area contributed by atoms with Crippen molar-refractivity contribution in [2.75, 3.05) is 6.67 Å². The summed E-state index contributed by atoms with van der Waals surface area (Å²) in [5.41, 5.74) is 7.74. The van der Waals surface area contributed by atoms with Crippen molar-refractivity contribution in [3.8, 4) is 0 Å². The van der Waals surface area contributed by atoms with Crippen LogP contribution < -0.4 is 11.3 Å². The molecule has 11 heavy (non-hydrogen) atoms. The van der Waals surface area contributed by atoms with Crippen molar-refractivity contribution < 1.29 is 9.63 Å². The van der Waals surface area contributed by atoms with Gasteiger partial charge in [-0.15, -0.1) is 0 Å². The summed E-state index contributed by atoms with van der Waals surface area (Å²) in [6.45, 7) is 0.281. The summed E-state index contributed by atoms with van der Waals surface area (Å²) < 4.78 is 0. The summed E-state index contributed by atoms with van der Waals surface area (Å²) in [7, 11) is 0. The van der Waals surface area contributed by atoms with Crippen molar-refractivity contribution in [3.63, 3.8) is 0 Å². The largest absolute Gasteiger partial charge is 0.390 e. The minimum absolute atomic E-state index is 0.281. The zero-order valence-electron chi connectivity index (χ0n) is 5.73. The number of aldehydes is 1. The number of nitrogens with one attached hydrogen (secondary N) is 1. The number of rotatable bonds is 3. The van der Waals surface area contributed by atoms with Crippen molar-refractivity contribution in [3.05, 3.63) is 12.0 Å². The first kappa shape index (κ1) is 8.38. The predicted octanol–water partition coefficient (Wildman–Crippen LogP) is -1.01. The van der Waals surface area contributed by atoms with E-state index >= 15 is 0 Å². The molecule has 6 heteroatoms. The molecule has 0 amide bonds. The number of nitrogens with zero attached hydrogens (tertiary/aromatic N) is 1. The summed E-state index contributed by atoms with van der Waals surface area (Å²) in [6, 6.07) is 0. The number of hydrogen-bond donors (Lipinski definition) is 3. The van der Waals surface area contributed by atoms with Crippen LogP contribution in [0.2, 0.25) is 0 Å². The summed E-state index contributed by atoms with van der Waals surface area (Å²) in [5, 5.41) is 0.973. The van der Waals surface area contributed by atoms with Gasteiger partial charge in [-0.3, -0.25) is 5.01 Å². The molecular weight excluding hydrogens is 166 g/mol. The molecular formula is C5H9N3O2S. The van der Waals surface area contributed by atoms with Gasteiger partial charge in [-0.25, -0.2) is 0 Å². The second kappa shape index (κ2) is 3.61. The molecule has 1 atom stereocenters. The van der Waals surface area contributed by atoms with E-state index in [1.165, 1.54) is 5.01 Å². The fourth-order valence-corrected chi connectivity index (χ4v) is 0.731. The smallest absolute Gasteiger partial charge is 0.163 e. The zero-order valence-corrected chi connectivity index (χ0v) is 6.62. The molecule has 5 nitrogen and oxygen atoms in total. The molecule has 0 saturated carbocycles. The Bertz CT molecular complexity index is 185. The Balaban J connectivity index is 2.54. The van der Waals surface area contributed by atoms with Gasteiger partial charge < -0.3 is 15.4 Å². The van der Waals surface area contributed by atoms with Gasteiger partial charge in [-0.2, -0.15) is 12.6 Å². The highest BCUT2D eigenvalue weighted by Crippen LogP contribution is 2.12. The number of carbonyl (C=O) groups excluding carboxylic acids is 1.